The number of rotatable bonds is 3. The molecule has 1 N–H and O–H groups in total. The van der Waals surface area contributed by atoms with Crippen LogP contribution < -0.4 is 0 Å². The first kappa shape index (κ1) is 16.0. The highest BCUT2D eigenvalue weighted by Crippen LogP contribution is 2.41. The minimum atomic E-state index is -0.716. The molecule has 1 rings (SSSR count). The van der Waals surface area contributed by atoms with Crippen molar-refractivity contribution >= 4 is 5.97 Å². The molecule has 0 fully saturated rings. The maximum Gasteiger partial charge on any atom is 0.303 e. The normalized spacial score (nSPS) is 22.0. The molecule has 0 aromatic rings. The Kier molecular flexibility index (Phi) is 4.65. The lowest BCUT2D eigenvalue weighted by atomic mass is 9.69. The summed E-state index contributed by atoms with van der Waals surface area (Å²) in [6, 6.07) is 0. The molecule has 0 aromatic carbocycles. The number of allylic oxidation sites excluding steroid dienone is 4. The minimum Gasteiger partial charge on any atom is -0.481 e. The molecule has 1 aliphatic carbocycles. The second kappa shape index (κ2) is 5.52. The first-order chi connectivity index (χ1) is 8.51. The van der Waals surface area contributed by atoms with Crippen LogP contribution >= 0.6 is 0 Å². The van der Waals surface area contributed by atoms with Gasteiger partial charge in [-0.05, 0) is 34.7 Å². The second-order valence-electron chi connectivity index (χ2n) is 7.79. The van der Waals surface area contributed by atoms with Gasteiger partial charge in [-0.25, -0.2) is 0 Å². The average Bonchev–Trinajstić information content (AvgIpc) is 2.23. The van der Waals surface area contributed by atoms with E-state index < -0.39 is 5.97 Å². The topological polar surface area (TPSA) is 37.3 Å². The van der Waals surface area contributed by atoms with Crippen molar-refractivity contribution in [2.75, 3.05) is 0 Å². The molecule has 19 heavy (non-hydrogen) atoms. The van der Waals surface area contributed by atoms with Crippen molar-refractivity contribution in [1.29, 1.82) is 0 Å². The van der Waals surface area contributed by atoms with Gasteiger partial charge in [-0.3, -0.25) is 4.79 Å². The molecule has 0 radical (unpaired) electrons. The Balaban J connectivity index is 3.05. The molecule has 2 nitrogen and oxygen atoms in total. The van der Waals surface area contributed by atoms with Crippen LogP contribution in [-0.4, -0.2) is 11.1 Å². The lowest BCUT2D eigenvalue weighted by Gasteiger charge is -2.35. The predicted octanol–water partition coefficient (Wildman–Crippen LogP) is 4.67. The van der Waals surface area contributed by atoms with Gasteiger partial charge in [-0.15, -0.1) is 0 Å². The zero-order valence-electron chi connectivity index (χ0n) is 13.2. The van der Waals surface area contributed by atoms with E-state index in [4.69, 9.17) is 5.11 Å². The summed E-state index contributed by atoms with van der Waals surface area (Å²) in [6.07, 6.45) is 7.89. The second-order valence-corrected chi connectivity index (χ2v) is 7.79. The Morgan fingerprint density at radius 3 is 2.32 bits per heavy atom. The zero-order valence-corrected chi connectivity index (χ0v) is 13.2. The van der Waals surface area contributed by atoms with Crippen molar-refractivity contribution in [2.45, 2.75) is 54.4 Å². The fraction of sp³-hybridized carbons (Fsp3) is 0.706. The van der Waals surface area contributed by atoms with Gasteiger partial charge in [0, 0.05) is 0 Å². The Bertz CT molecular complexity index is 388. The summed E-state index contributed by atoms with van der Waals surface area (Å²) < 4.78 is 0. The van der Waals surface area contributed by atoms with Crippen LogP contribution in [0.1, 0.15) is 54.4 Å². The number of carbonyl (C=O) groups is 1. The fourth-order valence-electron chi connectivity index (χ4n) is 2.64. The lowest BCUT2D eigenvalue weighted by molar-refractivity contribution is -0.138. The van der Waals surface area contributed by atoms with Crippen molar-refractivity contribution < 1.29 is 9.90 Å². The standard InChI is InChI=1S/C17H28O2/c1-16(2,3)13-9-7-8-12(10-13)14(11-15(18)19)17(4,5)6/h7-8,10,13-14H,9,11H2,1-6H3,(H,18,19). The summed E-state index contributed by atoms with van der Waals surface area (Å²) >= 11 is 0. The molecule has 0 amide bonds. The molecule has 0 bridgehead atoms. The lowest BCUT2D eigenvalue weighted by Crippen LogP contribution is -2.27. The van der Waals surface area contributed by atoms with Crippen molar-refractivity contribution in [2.24, 2.45) is 22.7 Å². The first-order valence-corrected chi connectivity index (χ1v) is 7.12. The van der Waals surface area contributed by atoms with Gasteiger partial charge in [0.25, 0.3) is 0 Å². The maximum atomic E-state index is 11.1. The van der Waals surface area contributed by atoms with Crippen LogP contribution in [-0.2, 0) is 4.79 Å². The first-order valence-electron chi connectivity index (χ1n) is 7.12. The van der Waals surface area contributed by atoms with Gasteiger partial charge in [0.15, 0.2) is 0 Å². The summed E-state index contributed by atoms with van der Waals surface area (Å²) in [7, 11) is 0. The van der Waals surface area contributed by atoms with Crippen LogP contribution in [0.25, 0.3) is 0 Å². The van der Waals surface area contributed by atoms with Crippen LogP contribution in [0.15, 0.2) is 23.8 Å². The van der Waals surface area contributed by atoms with E-state index in [1.807, 2.05) is 0 Å². The summed E-state index contributed by atoms with van der Waals surface area (Å²) in [6.45, 7) is 13.1. The molecular formula is C17H28O2. The van der Waals surface area contributed by atoms with Crippen LogP contribution in [0.2, 0.25) is 0 Å². The van der Waals surface area contributed by atoms with E-state index in [-0.39, 0.29) is 23.2 Å². The fourth-order valence-corrected chi connectivity index (χ4v) is 2.64. The van der Waals surface area contributed by atoms with Gasteiger partial charge in [-0.1, -0.05) is 59.8 Å². The Labute approximate surface area is 117 Å². The van der Waals surface area contributed by atoms with Gasteiger partial charge < -0.3 is 5.11 Å². The SMILES string of the molecule is CC(C)(C)C1C=C(C(CC(=O)O)C(C)(C)C)C=CC1. The number of hydrogen-bond donors (Lipinski definition) is 1. The van der Waals surface area contributed by atoms with E-state index in [0.29, 0.717) is 5.92 Å². The molecule has 1 aliphatic rings. The summed E-state index contributed by atoms with van der Waals surface area (Å²) in [5.41, 5.74) is 1.39. The molecule has 2 heteroatoms. The molecule has 2 atom stereocenters. The van der Waals surface area contributed by atoms with Crippen molar-refractivity contribution in [1.82, 2.24) is 0 Å². The quantitative estimate of drug-likeness (QED) is 0.804. The summed E-state index contributed by atoms with van der Waals surface area (Å²) in [4.78, 5) is 11.1. The molecule has 108 valence electrons. The highest BCUT2D eigenvalue weighted by molar-refractivity contribution is 5.68. The molecule has 2 unspecified atom stereocenters. The van der Waals surface area contributed by atoms with E-state index in [1.54, 1.807) is 0 Å². The van der Waals surface area contributed by atoms with Crippen LogP contribution in [0.4, 0.5) is 0 Å². The van der Waals surface area contributed by atoms with E-state index >= 15 is 0 Å². The third kappa shape index (κ3) is 4.52. The van der Waals surface area contributed by atoms with E-state index in [0.717, 1.165) is 6.42 Å². The molecular weight excluding hydrogens is 236 g/mol. The number of carboxylic acids is 1. The van der Waals surface area contributed by atoms with E-state index in [9.17, 15) is 4.79 Å². The molecule has 0 saturated carbocycles. The van der Waals surface area contributed by atoms with Crippen molar-refractivity contribution in [3.63, 3.8) is 0 Å². The van der Waals surface area contributed by atoms with Gasteiger partial charge in [0.2, 0.25) is 0 Å². The zero-order chi connectivity index (χ0) is 14.8. The Hall–Kier alpha value is -1.05. The molecule has 0 heterocycles. The smallest absolute Gasteiger partial charge is 0.303 e. The van der Waals surface area contributed by atoms with Crippen LogP contribution in [0.5, 0.6) is 0 Å². The number of aliphatic carboxylic acids is 1. The van der Waals surface area contributed by atoms with Gasteiger partial charge in [0.05, 0.1) is 6.42 Å². The summed E-state index contributed by atoms with van der Waals surface area (Å²) in [5.74, 6) is -0.148. The third-order valence-electron chi connectivity index (χ3n) is 4.03. The van der Waals surface area contributed by atoms with Gasteiger partial charge >= 0.3 is 5.97 Å². The van der Waals surface area contributed by atoms with Gasteiger partial charge in [0.1, 0.15) is 0 Å². The largest absolute Gasteiger partial charge is 0.481 e. The van der Waals surface area contributed by atoms with E-state index in [1.165, 1.54) is 5.57 Å². The molecule has 0 aromatic heterocycles. The highest BCUT2D eigenvalue weighted by Gasteiger charge is 2.32. The predicted molar refractivity (Wildman–Crippen MR) is 80.0 cm³/mol. The van der Waals surface area contributed by atoms with Crippen molar-refractivity contribution in [3.8, 4) is 0 Å². The monoisotopic (exact) mass is 264 g/mol. The summed E-state index contributed by atoms with van der Waals surface area (Å²) in [5, 5.41) is 9.15. The van der Waals surface area contributed by atoms with E-state index in [2.05, 4.69) is 59.8 Å². The van der Waals surface area contributed by atoms with Crippen LogP contribution in [0, 0.1) is 22.7 Å². The minimum absolute atomic E-state index is 0.0334. The number of carboxylic acid groups (broad SMARTS) is 1. The Morgan fingerprint density at radius 1 is 1.32 bits per heavy atom. The average molecular weight is 264 g/mol. The molecule has 0 aliphatic heterocycles. The highest BCUT2D eigenvalue weighted by atomic mass is 16.4. The van der Waals surface area contributed by atoms with Crippen LogP contribution in [0.3, 0.4) is 0 Å². The Morgan fingerprint density at radius 2 is 1.89 bits per heavy atom. The van der Waals surface area contributed by atoms with Gasteiger partial charge in [-0.2, -0.15) is 0 Å². The van der Waals surface area contributed by atoms with Crippen molar-refractivity contribution in [3.05, 3.63) is 23.8 Å². The maximum absolute atomic E-state index is 11.1. The molecule has 0 saturated heterocycles. The molecule has 0 spiro atoms. The third-order valence-corrected chi connectivity index (χ3v) is 4.03. The number of hydrogen-bond acceptors (Lipinski definition) is 1.